The highest BCUT2D eigenvalue weighted by Crippen LogP contribution is 2.05. The molecule has 0 aliphatic heterocycles. The predicted octanol–water partition coefficient (Wildman–Crippen LogP) is 2.09. The highest BCUT2D eigenvalue weighted by atomic mass is 15.0. The molecule has 0 aliphatic rings. The summed E-state index contributed by atoms with van der Waals surface area (Å²) in [5, 5.41) is 7.35. The lowest BCUT2D eigenvalue weighted by Crippen LogP contribution is -2.46. The second kappa shape index (κ2) is 12.6. The Hall–Kier alpha value is -1.72. The third-order valence-electron chi connectivity index (χ3n) is 4.71. The average molecular weight is 355 g/mol. The molecule has 0 aliphatic carbocycles. The third kappa shape index (κ3) is 8.11. The van der Waals surface area contributed by atoms with E-state index in [1.165, 1.54) is 11.1 Å². The summed E-state index contributed by atoms with van der Waals surface area (Å²) in [6.07, 6.45) is 4.10. The van der Waals surface area contributed by atoms with Crippen LogP contribution >= 0.6 is 0 Å². The zero-order valence-electron chi connectivity index (χ0n) is 15.7. The Balaban J connectivity index is 1.85. The molecule has 4 nitrogen and oxygen atoms in total. The van der Waals surface area contributed by atoms with E-state index in [4.69, 9.17) is 11.5 Å². The van der Waals surface area contributed by atoms with Crippen LogP contribution in [0.1, 0.15) is 24.0 Å². The van der Waals surface area contributed by atoms with Crippen molar-refractivity contribution < 1.29 is 0 Å². The van der Waals surface area contributed by atoms with E-state index in [0.29, 0.717) is 18.6 Å². The van der Waals surface area contributed by atoms with E-state index in [1.54, 1.807) is 0 Å². The van der Waals surface area contributed by atoms with E-state index in [1.807, 2.05) is 0 Å². The van der Waals surface area contributed by atoms with Crippen molar-refractivity contribution in [2.24, 2.45) is 11.5 Å². The molecule has 2 aromatic carbocycles. The van der Waals surface area contributed by atoms with Gasteiger partial charge in [0.05, 0.1) is 0 Å². The third-order valence-corrected chi connectivity index (χ3v) is 4.71. The molecule has 0 aromatic heterocycles. The van der Waals surface area contributed by atoms with Crippen LogP contribution in [0.5, 0.6) is 0 Å². The molecule has 2 atom stereocenters. The Bertz CT molecular complexity index is 573. The summed E-state index contributed by atoms with van der Waals surface area (Å²) in [6.45, 7) is 3.26. The molecule has 0 spiro atoms. The molecule has 0 amide bonds. The summed E-state index contributed by atoms with van der Waals surface area (Å²) in [5.41, 5.74) is 14.3. The number of benzene rings is 2. The largest absolute Gasteiger partial charge is 0.330 e. The topological polar surface area (TPSA) is 76.1 Å². The standard InChI is InChI=1S/C22H34N4/c23-14-7-12-21(17-24)26-18-22(16-20-10-5-2-6-11-20)25-15-13-19-8-3-1-4-9-19/h1-6,8-11,21-22,25-26H,7,12-18,23-24H2/t21-,22+/m1/s1. The molecule has 4 heteroatoms. The lowest BCUT2D eigenvalue weighted by Gasteiger charge is -2.23. The van der Waals surface area contributed by atoms with Crippen molar-refractivity contribution in [2.45, 2.75) is 37.8 Å². The number of rotatable bonds is 13. The van der Waals surface area contributed by atoms with Gasteiger partial charge in [-0.05, 0) is 49.9 Å². The van der Waals surface area contributed by atoms with Crippen LogP contribution in [0.4, 0.5) is 0 Å². The Morgan fingerprint density at radius 1 is 0.769 bits per heavy atom. The quantitative estimate of drug-likeness (QED) is 0.444. The first kappa shape index (κ1) is 20.6. The molecule has 0 heterocycles. The first-order valence-corrected chi connectivity index (χ1v) is 9.76. The Kier molecular flexibility index (Phi) is 9.98. The number of nitrogens with two attached hydrogens (primary N) is 2. The molecule has 0 saturated heterocycles. The molecule has 26 heavy (non-hydrogen) atoms. The first-order valence-electron chi connectivity index (χ1n) is 9.76. The SMILES string of the molecule is NCCC[C@H](CN)NC[C@H](Cc1ccccc1)NCCc1ccccc1. The molecule has 142 valence electrons. The zero-order chi connectivity index (χ0) is 18.5. The maximum absolute atomic E-state index is 5.90. The highest BCUT2D eigenvalue weighted by Gasteiger charge is 2.12. The second-order valence-corrected chi connectivity index (χ2v) is 6.85. The van der Waals surface area contributed by atoms with Crippen LogP contribution in [0.3, 0.4) is 0 Å². The summed E-state index contributed by atoms with van der Waals surface area (Å²) in [4.78, 5) is 0. The van der Waals surface area contributed by atoms with Gasteiger partial charge in [-0.3, -0.25) is 0 Å². The van der Waals surface area contributed by atoms with E-state index >= 15 is 0 Å². The van der Waals surface area contributed by atoms with E-state index in [9.17, 15) is 0 Å². The average Bonchev–Trinajstić information content (AvgIpc) is 2.69. The number of hydrogen-bond acceptors (Lipinski definition) is 4. The van der Waals surface area contributed by atoms with Gasteiger partial charge in [0.25, 0.3) is 0 Å². The van der Waals surface area contributed by atoms with Gasteiger partial charge >= 0.3 is 0 Å². The summed E-state index contributed by atoms with van der Waals surface area (Å²) >= 11 is 0. The van der Waals surface area contributed by atoms with Crippen LogP contribution < -0.4 is 22.1 Å². The van der Waals surface area contributed by atoms with Crippen molar-refractivity contribution in [1.82, 2.24) is 10.6 Å². The summed E-state index contributed by atoms with van der Waals surface area (Å²) < 4.78 is 0. The molecular weight excluding hydrogens is 320 g/mol. The van der Waals surface area contributed by atoms with Crippen LogP contribution in [0.2, 0.25) is 0 Å². The van der Waals surface area contributed by atoms with Crippen LogP contribution in [0.15, 0.2) is 60.7 Å². The van der Waals surface area contributed by atoms with E-state index in [0.717, 1.165) is 45.3 Å². The van der Waals surface area contributed by atoms with Crippen molar-refractivity contribution in [1.29, 1.82) is 0 Å². The fraction of sp³-hybridized carbons (Fsp3) is 0.455. The van der Waals surface area contributed by atoms with Gasteiger partial charge in [0.1, 0.15) is 0 Å². The lowest BCUT2D eigenvalue weighted by molar-refractivity contribution is 0.413. The second-order valence-electron chi connectivity index (χ2n) is 6.85. The molecule has 0 fully saturated rings. The molecular formula is C22H34N4. The molecule has 0 radical (unpaired) electrons. The van der Waals surface area contributed by atoms with Gasteiger partial charge in [0, 0.05) is 25.2 Å². The van der Waals surface area contributed by atoms with Crippen molar-refractivity contribution in [3.63, 3.8) is 0 Å². The van der Waals surface area contributed by atoms with E-state index in [-0.39, 0.29) is 0 Å². The van der Waals surface area contributed by atoms with Gasteiger partial charge in [-0.25, -0.2) is 0 Å². The van der Waals surface area contributed by atoms with Gasteiger partial charge in [0.2, 0.25) is 0 Å². The van der Waals surface area contributed by atoms with Crippen LogP contribution in [-0.2, 0) is 12.8 Å². The molecule has 2 aromatic rings. The van der Waals surface area contributed by atoms with E-state index in [2.05, 4.69) is 71.3 Å². The maximum atomic E-state index is 5.90. The fourth-order valence-electron chi connectivity index (χ4n) is 3.16. The van der Waals surface area contributed by atoms with Gasteiger partial charge in [-0.1, -0.05) is 60.7 Å². The molecule has 0 unspecified atom stereocenters. The van der Waals surface area contributed by atoms with Gasteiger partial charge in [-0.2, -0.15) is 0 Å². The molecule has 2 rings (SSSR count). The van der Waals surface area contributed by atoms with Crippen LogP contribution in [0, 0.1) is 0 Å². The number of nitrogens with one attached hydrogen (secondary N) is 2. The van der Waals surface area contributed by atoms with Crippen LogP contribution in [0.25, 0.3) is 0 Å². The van der Waals surface area contributed by atoms with Crippen molar-refractivity contribution in [3.05, 3.63) is 71.8 Å². The Morgan fingerprint density at radius 2 is 1.42 bits per heavy atom. The van der Waals surface area contributed by atoms with Crippen molar-refractivity contribution in [2.75, 3.05) is 26.2 Å². The maximum Gasteiger partial charge on any atom is 0.0233 e. The summed E-state index contributed by atoms with van der Waals surface area (Å²) in [5.74, 6) is 0. The molecule has 0 saturated carbocycles. The monoisotopic (exact) mass is 354 g/mol. The molecule has 6 N–H and O–H groups in total. The first-order chi connectivity index (χ1) is 12.8. The minimum absolute atomic E-state index is 0.341. The Morgan fingerprint density at radius 3 is 2.04 bits per heavy atom. The van der Waals surface area contributed by atoms with Crippen molar-refractivity contribution >= 4 is 0 Å². The summed E-state index contributed by atoms with van der Waals surface area (Å²) in [6, 6.07) is 22.0. The van der Waals surface area contributed by atoms with Gasteiger partial charge in [0.15, 0.2) is 0 Å². The number of hydrogen-bond donors (Lipinski definition) is 4. The summed E-state index contributed by atoms with van der Waals surface area (Å²) in [7, 11) is 0. The van der Waals surface area contributed by atoms with Gasteiger partial charge < -0.3 is 22.1 Å². The predicted molar refractivity (Wildman–Crippen MR) is 111 cm³/mol. The van der Waals surface area contributed by atoms with Gasteiger partial charge in [-0.15, -0.1) is 0 Å². The lowest BCUT2D eigenvalue weighted by atomic mass is 10.0. The van der Waals surface area contributed by atoms with Crippen LogP contribution in [-0.4, -0.2) is 38.3 Å². The minimum atomic E-state index is 0.341. The minimum Gasteiger partial charge on any atom is -0.330 e. The Labute approximate surface area is 158 Å². The zero-order valence-corrected chi connectivity index (χ0v) is 15.7. The highest BCUT2D eigenvalue weighted by molar-refractivity contribution is 5.17. The van der Waals surface area contributed by atoms with Crippen molar-refractivity contribution in [3.8, 4) is 0 Å². The smallest absolute Gasteiger partial charge is 0.0233 e. The van der Waals surface area contributed by atoms with E-state index < -0.39 is 0 Å². The normalized spacial score (nSPS) is 13.5. The fourth-order valence-corrected chi connectivity index (χ4v) is 3.16. The molecule has 0 bridgehead atoms.